The first-order chi connectivity index (χ1) is 17.9. The number of allylic oxidation sites excluding steroid dienone is 1. The van der Waals surface area contributed by atoms with Crippen molar-refractivity contribution in [2.45, 2.75) is 40.2 Å². The molecule has 1 aliphatic heterocycles. The number of nitro benzene ring substituents is 1. The van der Waals surface area contributed by atoms with Gasteiger partial charge >= 0.3 is 11.9 Å². The van der Waals surface area contributed by atoms with Gasteiger partial charge in [0, 0.05) is 48.0 Å². The number of rotatable bonds is 10. The van der Waals surface area contributed by atoms with E-state index in [1.54, 1.807) is 19.9 Å². The minimum absolute atomic E-state index is 0.134. The standard InChI is InChI=1S/C29H35N3O6/c1-19-24(27(33)37-6)26(22-13-10-14-23(15-22)32(35)36)25(20(2)30-19)28(34)38-18-29(3,4)17-31(5)16-21-11-8-7-9-12-21/h7-15,24,26H,16-18H2,1-6H3. The number of ether oxygens (including phenoxy) is 2. The molecular formula is C29H35N3O6. The Labute approximate surface area is 223 Å². The van der Waals surface area contributed by atoms with Gasteiger partial charge in [-0.25, -0.2) is 4.79 Å². The third-order valence-electron chi connectivity index (χ3n) is 6.53. The smallest absolute Gasteiger partial charge is 0.336 e. The molecule has 0 saturated carbocycles. The molecule has 3 rings (SSSR count). The summed E-state index contributed by atoms with van der Waals surface area (Å²) in [6, 6.07) is 16.0. The maximum atomic E-state index is 13.5. The minimum Gasteiger partial charge on any atom is -0.468 e. The average molecular weight is 522 g/mol. The van der Waals surface area contributed by atoms with Gasteiger partial charge in [-0.15, -0.1) is 0 Å². The Morgan fingerprint density at radius 2 is 1.79 bits per heavy atom. The first-order valence-corrected chi connectivity index (χ1v) is 12.4. The molecule has 0 radical (unpaired) electrons. The first-order valence-electron chi connectivity index (χ1n) is 12.4. The summed E-state index contributed by atoms with van der Waals surface area (Å²) >= 11 is 0. The van der Waals surface area contributed by atoms with E-state index in [1.807, 2.05) is 39.1 Å². The van der Waals surface area contributed by atoms with Gasteiger partial charge in [-0.3, -0.25) is 19.9 Å². The summed E-state index contributed by atoms with van der Waals surface area (Å²) in [5.41, 5.74) is 2.18. The fraction of sp³-hybridized carbons (Fsp3) is 0.414. The number of hydrogen-bond acceptors (Lipinski definition) is 8. The number of nitrogens with zero attached hydrogens (tertiary/aromatic N) is 3. The van der Waals surface area contributed by atoms with E-state index < -0.39 is 28.7 Å². The largest absolute Gasteiger partial charge is 0.468 e. The number of nitro groups is 1. The second kappa shape index (κ2) is 12.1. The van der Waals surface area contributed by atoms with Crippen LogP contribution < -0.4 is 0 Å². The monoisotopic (exact) mass is 521 g/mol. The molecular weight excluding hydrogens is 486 g/mol. The molecule has 0 aromatic heterocycles. The zero-order valence-electron chi connectivity index (χ0n) is 22.8. The lowest BCUT2D eigenvalue weighted by Crippen LogP contribution is -2.38. The molecule has 2 aromatic carbocycles. The molecule has 2 unspecified atom stereocenters. The Kier molecular flexibility index (Phi) is 9.17. The quantitative estimate of drug-likeness (QED) is 0.248. The highest BCUT2D eigenvalue weighted by Gasteiger charge is 2.43. The van der Waals surface area contributed by atoms with Crippen LogP contribution in [0.3, 0.4) is 0 Å². The lowest BCUT2D eigenvalue weighted by Gasteiger charge is -2.33. The molecule has 0 fully saturated rings. The number of non-ortho nitro benzene ring substituents is 1. The molecule has 38 heavy (non-hydrogen) atoms. The third-order valence-corrected chi connectivity index (χ3v) is 6.53. The molecule has 9 nitrogen and oxygen atoms in total. The van der Waals surface area contributed by atoms with E-state index >= 15 is 0 Å². The molecule has 0 N–H and O–H groups in total. The first kappa shape index (κ1) is 28.7. The molecule has 0 amide bonds. The molecule has 2 atom stereocenters. The zero-order valence-corrected chi connectivity index (χ0v) is 22.8. The van der Waals surface area contributed by atoms with Crippen molar-refractivity contribution in [2.24, 2.45) is 16.3 Å². The van der Waals surface area contributed by atoms with E-state index in [2.05, 4.69) is 22.0 Å². The van der Waals surface area contributed by atoms with Gasteiger partial charge in [0.25, 0.3) is 5.69 Å². The van der Waals surface area contributed by atoms with Crippen molar-refractivity contribution in [1.82, 2.24) is 4.90 Å². The molecule has 0 bridgehead atoms. The second-order valence-corrected chi connectivity index (χ2v) is 10.5. The SMILES string of the molecule is COC(=O)C1C(C)=NC(C)=C(C(=O)OCC(C)(C)CN(C)Cc2ccccc2)C1c1cccc([N+](=O)[O-])c1. The highest BCUT2D eigenvalue weighted by Crippen LogP contribution is 2.41. The van der Waals surface area contributed by atoms with E-state index in [4.69, 9.17) is 9.47 Å². The number of carbonyl (C=O) groups excluding carboxylic acids is 2. The fourth-order valence-electron chi connectivity index (χ4n) is 4.99. The number of esters is 2. The van der Waals surface area contributed by atoms with Gasteiger partial charge in [0.2, 0.25) is 0 Å². The Bertz CT molecular complexity index is 1250. The highest BCUT2D eigenvalue weighted by molar-refractivity contribution is 6.07. The number of methoxy groups -OCH3 is 1. The predicted molar refractivity (Wildman–Crippen MR) is 145 cm³/mol. The topological polar surface area (TPSA) is 111 Å². The molecule has 202 valence electrons. The van der Waals surface area contributed by atoms with Crippen molar-refractivity contribution in [3.8, 4) is 0 Å². The second-order valence-electron chi connectivity index (χ2n) is 10.5. The predicted octanol–water partition coefficient (Wildman–Crippen LogP) is 4.92. The van der Waals surface area contributed by atoms with Crippen LogP contribution in [0.5, 0.6) is 0 Å². The van der Waals surface area contributed by atoms with Crippen molar-refractivity contribution in [2.75, 3.05) is 27.3 Å². The van der Waals surface area contributed by atoms with Gasteiger partial charge in [0.05, 0.1) is 24.2 Å². The summed E-state index contributed by atoms with van der Waals surface area (Å²) in [4.78, 5) is 43.9. The Balaban J connectivity index is 1.85. The van der Waals surface area contributed by atoms with Crippen molar-refractivity contribution < 1.29 is 24.0 Å². The Morgan fingerprint density at radius 1 is 1.11 bits per heavy atom. The van der Waals surface area contributed by atoms with Gasteiger partial charge in [-0.1, -0.05) is 56.3 Å². The van der Waals surface area contributed by atoms with E-state index in [1.165, 1.54) is 30.9 Å². The summed E-state index contributed by atoms with van der Waals surface area (Å²) in [6.45, 7) is 8.95. The molecule has 9 heteroatoms. The summed E-state index contributed by atoms with van der Waals surface area (Å²) in [6.07, 6.45) is 0. The van der Waals surface area contributed by atoms with E-state index in [0.29, 0.717) is 23.5 Å². The van der Waals surface area contributed by atoms with Crippen molar-refractivity contribution in [1.29, 1.82) is 0 Å². The van der Waals surface area contributed by atoms with Gasteiger partial charge in [0.1, 0.15) is 5.92 Å². The Morgan fingerprint density at radius 3 is 2.42 bits per heavy atom. The summed E-state index contributed by atoms with van der Waals surface area (Å²) in [7, 11) is 3.28. The van der Waals surface area contributed by atoms with Crippen LogP contribution in [0.15, 0.2) is 70.9 Å². The molecule has 0 saturated heterocycles. The molecule has 1 aliphatic rings. The van der Waals surface area contributed by atoms with Crippen LogP contribution in [0.1, 0.15) is 44.7 Å². The summed E-state index contributed by atoms with van der Waals surface area (Å²) in [5.74, 6) is -2.94. The van der Waals surface area contributed by atoms with Crippen LogP contribution in [0.25, 0.3) is 0 Å². The minimum atomic E-state index is -0.918. The Hall–Kier alpha value is -3.85. The van der Waals surface area contributed by atoms with Crippen LogP contribution in [0.4, 0.5) is 5.69 Å². The maximum absolute atomic E-state index is 13.5. The lowest BCUT2D eigenvalue weighted by molar-refractivity contribution is -0.384. The van der Waals surface area contributed by atoms with E-state index in [9.17, 15) is 19.7 Å². The number of hydrogen-bond donors (Lipinski definition) is 0. The van der Waals surface area contributed by atoms with Crippen molar-refractivity contribution in [3.63, 3.8) is 0 Å². The van der Waals surface area contributed by atoms with Crippen LogP contribution in [-0.2, 0) is 25.6 Å². The highest BCUT2D eigenvalue weighted by atomic mass is 16.6. The fourth-order valence-corrected chi connectivity index (χ4v) is 4.99. The third kappa shape index (κ3) is 6.92. The maximum Gasteiger partial charge on any atom is 0.336 e. The molecule has 2 aromatic rings. The number of carbonyl (C=O) groups is 2. The lowest BCUT2D eigenvalue weighted by atomic mass is 9.75. The van der Waals surface area contributed by atoms with Crippen molar-refractivity contribution >= 4 is 23.3 Å². The summed E-state index contributed by atoms with van der Waals surface area (Å²) in [5, 5.41) is 11.5. The number of benzene rings is 2. The summed E-state index contributed by atoms with van der Waals surface area (Å²) < 4.78 is 10.8. The van der Waals surface area contributed by atoms with Gasteiger partial charge < -0.3 is 14.4 Å². The van der Waals surface area contributed by atoms with Crippen LogP contribution >= 0.6 is 0 Å². The molecule has 0 spiro atoms. The number of aliphatic imine (C=N–C) groups is 1. The average Bonchev–Trinajstić information content (AvgIpc) is 2.86. The van der Waals surface area contributed by atoms with Crippen LogP contribution in [0, 0.1) is 21.4 Å². The normalized spacial score (nSPS) is 17.7. The van der Waals surface area contributed by atoms with Crippen molar-refractivity contribution in [3.05, 3.63) is 87.1 Å². The zero-order chi connectivity index (χ0) is 28.0. The van der Waals surface area contributed by atoms with E-state index in [0.717, 1.165) is 6.54 Å². The van der Waals surface area contributed by atoms with Crippen LogP contribution in [0.2, 0.25) is 0 Å². The molecule has 1 heterocycles. The van der Waals surface area contributed by atoms with Crippen LogP contribution in [-0.4, -0.2) is 54.8 Å². The van der Waals surface area contributed by atoms with Gasteiger partial charge in [-0.05, 0) is 32.0 Å². The van der Waals surface area contributed by atoms with E-state index in [-0.39, 0.29) is 23.3 Å². The van der Waals surface area contributed by atoms with Gasteiger partial charge in [-0.2, -0.15) is 0 Å². The molecule has 0 aliphatic carbocycles. The van der Waals surface area contributed by atoms with Gasteiger partial charge in [0.15, 0.2) is 0 Å².